The van der Waals surface area contributed by atoms with Gasteiger partial charge in [0.05, 0.1) is 12.6 Å². The van der Waals surface area contributed by atoms with E-state index in [-0.39, 0.29) is 30.3 Å². The van der Waals surface area contributed by atoms with Gasteiger partial charge in [-0.15, -0.1) is 0 Å². The zero-order chi connectivity index (χ0) is 25.3. The number of nitrogens with zero attached hydrogens (tertiary/aromatic N) is 1. The number of nitrogens with one attached hydrogen (secondary N) is 2. The molecule has 0 saturated carbocycles. The Hall–Kier alpha value is -2.16. The zero-order valence-corrected chi connectivity index (χ0v) is 21.4. The predicted octanol–water partition coefficient (Wildman–Crippen LogP) is 2.81. The van der Waals surface area contributed by atoms with E-state index in [1.165, 1.54) is 0 Å². The van der Waals surface area contributed by atoms with E-state index < -0.39 is 29.8 Å². The third kappa shape index (κ3) is 8.56. The maximum absolute atomic E-state index is 13.6. The average molecular weight is 482 g/mol. The maximum Gasteiger partial charge on any atom is 0.408 e. The minimum absolute atomic E-state index is 0.00617. The van der Waals surface area contributed by atoms with Gasteiger partial charge >= 0.3 is 6.09 Å². The first kappa shape index (κ1) is 28.1. The number of amides is 3. The van der Waals surface area contributed by atoms with Crippen molar-refractivity contribution in [1.82, 2.24) is 15.5 Å². The molecule has 4 atom stereocenters. The summed E-state index contributed by atoms with van der Waals surface area (Å²) in [6.45, 7) is 10.2. The summed E-state index contributed by atoms with van der Waals surface area (Å²) in [6.07, 6.45) is 6.00. The standard InChI is InChI=1S/C25H43N3O6/c1-17(2)19-12-13-28-21(19)22(30)26-18(15-29)11-9-7-6-8-10-14-33-16-20(23(28)31)27-24(32)34-25(3,4)5/h15,17-21H,6-14,16H2,1-5H3,(H,26,30)(H,27,32)/t18-,19+,20-,21-/m0/s1. The van der Waals surface area contributed by atoms with Crippen LogP contribution in [0.1, 0.15) is 79.6 Å². The highest BCUT2D eigenvalue weighted by Crippen LogP contribution is 2.31. The molecule has 0 radical (unpaired) electrons. The van der Waals surface area contributed by atoms with Gasteiger partial charge in [0.25, 0.3) is 0 Å². The molecular formula is C25H43N3O6. The third-order valence-corrected chi connectivity index (χ3v) is 6.42. The average Bonchev–Trinajstić information content (AvgIpc) is 3.19. The van der Waals surface area contributed by atoms with Crippen LogP contribution in [0.2, 0.25) is 0 Å². The van der Waals surface area contributed by atoms with Crippen molar-refractivity contribution in [3.63, 3.8) is 0 Å². The fraction of sp³-hybridized carbons (Fsp3) is 0.840. The van der Waals surface area contributed by atoms with Crippen LogP contribution in [0.15, 0.2) is 0 Å². The Kier molecular flexibility index (Phi) is 10.8. The number of hydrogen-bond donors (Lipinski definition) is 2. The van der Waals surface area contributed by atoms with Crippen molar-refractivity contribution < 1.29 is 28.7 Å². The first-order valence-electron chi connectivity index (χ1n) is 12.7. The van der Waals surface area contributed by atoms with Gasteiger partial charge < -0.3 is 29.8 Å². The molecule has 2 saturated heterocycles. The summed E-state index contributed by atoms with van der Waals surface area (Å²) in [6, 6.07) is -2.23. The minimum atomic E-state index is -0.967. The van der Waals surface area contributed by atoms with E-state index in [1.807, 2.05) is 13.8 Å². The molecule has 0 aromatic heterocycles. The summed E-state index contributed by atoms with van der Waals surface area (Å²) in [5.41, 5.74) is -0.713. The van der Waals surface area contributed by atoms with Crippen molar-refractivity contribution in [3.05, 3.63) is 0 Å². The number of aldehydes is 1. The third-order valence-electron chi connectivity index (χ3n) is 6.42. The number of carbonyl (C=O) groups is 4. The van der Waals surface area contributed by atoms with Gasteiger partial charge in [-0.25, -0.2) is 4.79 Å². The Morgan fingerprint density at radius 3 is 2.47 bits per heavy atom. The van der Waals surface area contributed by atoms with Crippen molar-refractivity contribution in [1.29, 1.82) is 0 Å². The van der Waals surface area contributed by atoms with Gasteiger partial charge in [0, 0.05) is 13.2 Å². The van der Waals surface area contributed by atoms with Crippen LogP contribution in [-0.4, -0.2) is 72.6 Å². The quantitative estimate of drug-likeness (QED) is 0.599. The summed E-state index contributed by atoms with van der Waals surface area (Å²) >= 11 is 0. The lowest BCUT2D eigenvalue weighted by Gasteiger charge is -2.32. The molecule has 0 unspecified atom stereocenters. The van der Waals surface area contributed by atoms with Crippen LogP contribution < -0.4 is 10.6 Å². The Bertz CT molecular complexity index is 705. The monoisotopic (exact) mass is 481 g/mol. The highest BCUT2D eigenvalue weighted by molar-refractivity contribution is 5.93. The molecule has 9 nitrogen and oxygen atoms in total. The molecule has 2 aliphatic rings. The van der Waals surface area contributed by atoms with Gasteiger partial charge in [-0.1, -0.05) is 39.5 Å². The van der Waals surface area contributed by atoms with E-state index in [2.05, 4.69) is 10.6 Å². The van der Waals surface area contributed by atoms with E-state index in [4.69, 9.17) is 9.47 Å². The van der Waals surface area contributed by atoms with E-state index in [9.17, 15) is 19.2 Å². The molecule has 2 rings (SSSR count). The van der Waals surface area contributed by atoms with Gasteiger partial charge in [0.1, 0.15) is 24.0 Å². The molecule has 0 aliphatic carbocycles. The summed E-state index contributed by atoms with van der Waals surface area (Å²) in [4.78, 5) is 52.6. The normalized spacial score (nSPS) is 28.2. The lowest BCUT2D eigenvalue weighted by Crippen LogP contribution is -2.57. The molecule has 2 fully saturated rings. The number of hydrogen-bond acceptors (Lipinski definition) is 6. The summed E-state index contributed by atoms with van der Waals surface area (Å²) in [7, 11) is 0. The van der Waals surface area contributed by atoms with Crippen LogP contribution in [-0.2, 0) is 23.9 Å². The molecule has 2 aliphatic heterocycles. The van der Waals surface area contributed by atoms with Crippen molar-refractivity contribution in [2.24, 2.45) is 11.8 Å². The van der Waals surface area contributed by atoms with Gasteiger partial charge in [0.2, 0.25) is 11.8 Å². The van der Waals surface area contributed by atoms with Crippen LogP contribution in [0.4, 0.5) is 4.79 Å². The smallest absolute Gasteiger partial charge is 0.408 e. The Balaban J connectivity index is 2.28. The fourth-order valence-corrected chi connectivity index (χ4v) is 4.66. The first-order chi connectivity index (χ1) is 16.0. The summed E-state index contributed by atoms with van der Waals surface area (Å²) < 4.78 is 11.1. The Morgan fingerprint density at radius 2 is 1.82 bits per heavy atom. The molecular weight excluding hydrogens is 438 g/mol. The largest absolute Gasteiger partial charge is 0.444 e. The summed E-state index contributed by atoms with van der Waals surface area (Å²) in [5.74, 6) is -0.560. The molecule has 0 bridgehead atoms. The molecule has 194 valence electrons. The van der Waals surface area contributed by atoms with Gasteiger partial charge in [-0.05, 0) is 51.9 Å². The van der Waals surface area contributed by atoms with E-state index in [0.717, 1.165) is 38.4 Å². The second-order valence-corrected chi connectivity index (χ2v) is 10.8. The highest BCUT2D eigenvalue weighted by Gasteiger charge is 2.45. The number of ether oxygens (including phenoxy) is 2. The van der Waals surface area contributed by atoms with Crippen LogP contribution in [0.5, 0.6) is 0 Å². The van der Waals surface area contributed by atoms with Crippen LogP contribution in [0, 0.1) is 11.8 Å². The lowest BCUT2D eigenvalue weighted by atomic mass is 9.88. The second kappa shape index (κ2) is 13.1. The number of carbonyl (C=O) groups excluding carboxylic acids is 4. The predicted molar refractivity (Wildman–Crippen MR) is 128 cm³/mol. The van der Waals surface area contributed by atoms with Crippen molar-refractivity contribution in [3.8, 4) is 0 Å². The fourth-order valence-electron chi connectivity index (χ4n) is 4.66. The van der Waals surface area contributed by atoms with E-state index in [1.54, 1.807) is 25.7 Å². The van der Waals surface area contributed by atoms with Gasteiger partial charge in [-0.3, -0.25) is 9.59 Å². The maximum atomic E-state index is 13.6. The molecule has 3 amide bonds. The zero-order valence-electron chi connectivity index (χ0n) is 21.4. The SMILES string of the molecule is CC(C)[C@H]1CCN2C(=O)[C@@H](NC(=O)OC(C)(C)C)COCCCCCCC[C@@H](C=O)NC(=O)[C@H]12. The molecule has 0 aromatic rings. The Labute approximate surface area is 203 Å². The second-order valence-electron chi connectivity index (χ2n) is 10.8. The van der Waals surface area contributed by atoms with Gasteiger partial charge in [-0.2, -0.15) is 0 Å². The number of rotatable bonds is 3. The summed E-state index contributed by atoms with van der Waals surface area (Å²) in [5, 5.41) is 5.52. The molecule has 2 heterocycles. The first-order valence-corrected chi connectivity index (χ1v) is 12.7. The van der Waals surface area contributed by atoms with Crippen molar-refractivity contribution in [2.45, 2.75) is 103 Å². The minimum Gasteiger partial charge on any atom is -0.444 e. The van der Waals surface area contributed by atoms with Crippen molar-refractivity contribution >= 4 is 24.2 Å². The van der Waals surface area contributed by atoms with Crippen LogP contribution in [0.3, 0.4) is 0 Å². The van der Waals surface area contributed by atoms with Crippen molar-refractivity contribution in [2.75, 3.05) is 19.8 Å². The molecule has 9 heteroatoms. The number of alkyl carbamates (subject to hydrolysis) is 1. The Morgan fingerprint density at radius 1 is 1.15 bits per heavy atom. The van der Waals surface area contributed by atoms with Crippen LogP contribution >= 0.6 is 0 Å². The molecule has 0 aromatic carbocycles. The molecule has 2 N–H and O–H groups in total. The van der Waals surface area contributed by atoms with E-state index in [0.29, 0.717) is 26.0 Å². The van der Waals surface area contributed by atoms with E-state index >= 15 is 0 Å². The molecule has 34 heavy (non-hydrogen) atoms. The molecule has 0 spiro atoms. The van der Waals surface area contributed by atoms with Crippen LogP contribution in [0.25, 0.3) is 0 Å². The topological polar surface area (TPSA) is 114 Å². The number of fused-ring (bicyclic) bond motifs is 1. The van der Waals surface area contributed by atoms with Gasteiger partial charge in [0.15, 0.2) is 0 Å². The lowest BCUT2D eigenvalue weighted by molar-refractivity contribution is -0.142. The highest BCUT2D eigenvalue weighted by atomic mass is 16.6.